The van der Waals surface area contributed by atoms with Crippen LogP contribution in [0.3, 0.4) is 0 Å². The highest BCUT2D eigenvalue weighted by Gasteiger charge is 2.27. The lowest BCUT2D eigenvalue weighted by atomic mass is 9.89. The molecule has 112 valence electrons. The molecule has 1 aliphatic carbocycles. The van der Waals surface area contributed by atoms with Crippen molar-refractivity contribution in [3.8, 4) is 0 Å². The molecule has 1 aromatic rings. The maximum atomic E-state index is 13.2. The Morgan fingerprint density at radius 3 is 2.67 bits per heavy atom. The molecule has 0 fully saturated rings. The van der Waals surface area contributed by atoms with Crippen molar-refractivity contribution < 1.29 is 4.39 Å². The second kappa shape index (κ2) is 6.14. The number of allylic oxidation sites excluding steroid dienone is 3. The summed E-state index contributed by atoms with van der Waals surface area (Å²) in [6.07, 6.45) is 6.40. The molecule has 0 saturated heterocycles. The molecule has 1 aromatic carbocycles. The fourth-order valence-electron chi connectivity index (χ4n) is 3.38. The van der Waals surface area contributed by atoms with Gasteiger partial charge in [-0.05, 0) is 54.9 Å². The van der Waals surface area contributed by atoms with Crippen molar-refractivity contribution in [1.82, 2.24) is 10.6 Å². The van der Waals surface area contributed by atoms with E-state index in [-0.39, 0.29) is 11.3 Å². The molecule has 3 rings (SSSR count). The lowest BCUT2D eigenvalue weighted by molar-refractivity contribution is 0.607. The lowest BCUT2D eigenvalue weighted by Gasteiger charge is -2.18. The molecule has 2 N–H and O–H groups in total. The van der Waals surface area contributed by atoms with Gasteiger partial charge in [-0.15, -0.1) is 12.6 Å². The molecule has 4 heteroatoms. The van der Waals surface area contributed by atoms with E-state index in [0.29, 0.717) is 5.92 Å². The Morgan fingerprint density at radius 1 is 1.29 bits per heavy atom. The highest BCUT2D eigenvalue weighted by atomic mass is 32.1. The van der Waals surface area contributed by atoms with Crippen molar-refractivity contribution in [2.75, 3.05) is 0 Å². The highest BCUT2D eigenvalue weighted by Crippen LogP contribution is 2.43. The summed E-state index contributed by atoms with van der Waals surface area (Å²) in [5.74, 6) is 0.332. The summed E-state index contributed by atoms with van der Waals surface area (Å²) < 4.78 is 13.2. The van der Waals surface area contributed by atoms with Crippen LogP contribution in [0.4, 0.5) is 4.39 Å². The quantitative estimate of drug-likeness (QED) is 0.731. The SMILES string of the molecule is CCC1=C(c2ccc(F)cc2)C(CC2=CN[C@H](S)N2)CC1. The van der Waals surface area contributed by atoms with Crippen molar-refractivity contribution in [2.24, 2.45) is 5.92 Å². The van der Waals surface area contributed by atoms with Gasteiger partial charge in [-0.2, -0.15) is 0 Å². The normalized spacial score (nSPS) is 24.8. The highest BCUT2D eigenvalue weighted by molar-refractivity contribution is 7.80. The average molecular weight is 304 g/mol. The number of halogens is 1. The van der Waals surface area contributed by atoms with Gasteiger partial charge in [0, 0.05) is 11.9 Å². The number of thiol groups is 1. The van der Waals surface area contributed by atoms with Gasteiger partial charge in [0.1, 0.15) is 11.3 Å². The van der Waals surface area contributed by atoms with Gasteiger partial charge < -0.3 is 10.6 Å². The third-order valence-electron chi connectivity index (χ3n) is 4.37. The largest absolute Gasteiger partial charge is 0.362 e. The zero-order chi connectivity index (χ0) is 14.8. The first kappa shape index (κ1) is 14.5. The molecule has 0 aromatic heterocycles. The summed E-state index contributed by atoms with van der Waals surface area (Å²) in [6, 6.07) is 6.94. The Kier molecular flexibility index (Phi) is 4.24. The third-order valence-corrected chi connectivity index (χ3v) is 4.65. The van der Waals surface area contributed by atoms with Crippen molar-refractivity contribution in [1.29, 1.82) is 0 Å². The number of hydrogen-bond acceptors (Lipinski definition) is 3. The topological polar surface area (TPSA) is 24.1 Å². The molecule has 1 unspecified atom stereocenters. The minimum Gasteiger partial charge on any atom is -0.362 e. The van der Waals surface area contributed by atoms with Gasteiger partial charge in [0.25, 0.3) is 0 Å². The summed E-state index contributed by atoms with van der Waals surface area (Å²) in [6.45, 7) is 2.21. The Balaban J connectivity index is 1.84. The maximum absolute atomic E-state index is 13.2. The second-order valence-electron chi connectivity index (χ2n) is 5.70. The Morgan fingerprint density at radius 2 is 2.05 bits per heavy atom. The van der Waals surface area contributed by atoms with Crippen LogP contribution in [0.5, 0.6) is 0 Å². The molecule has 2 aliphatic rings. The van der Waals surface area contributed by atoms with Crippen molar-refractivity contribution >= 4 is 18.2 Å². The fourth-order valence-corrected chi connectivity index (χ4v) is 3.62. The summed E-state index contributed by atoms with van der Waals surface area (Å²) >= 11 is 4.36. The minimum atomic E-state index is -0.172. The van der Waals surface area contributed by atoms with Crippen LogP contribution < -0.4 is 10.6 Å². The van der Waals surface area contributed by atoms with Crippen molar-refractivity contribution in [3.05, 3.63) is 53.1 Å². The van der Waals surface area contributed by atoms with E-state index in [1.54, 1.807) is 12.1 Å². The van der Waals surface area contributed by atoms with Crippen LogP contribution in [0.15, 0.2) is 41.7 Å². The molecule has 0 amide bonds. The fraction of sp³-hybridized carbons (Fsp3) is 0.412. The van der Waals surface area contributed by atoms with E-state index >= 15 is 0 Å². The van der Waals surface area contributed by atoms with E-state index in [0.717, 1.165) is 19.3 Å². The van der Waals surface area contributed by atoms with Crippen LogP contribution in [0, 0.1) is 11.7 Å². The van der Waals surface area contributed by atoms with Crippen LogP contribution >= 0.6 is 12.6 Å². The first-order valence-corrected chi connectivity index (χ1v) is 8.06. The van der Waals surface area contributed by atoms with Gasteiger partial charge in [0.15, 0.2) is 0 Å². The standard InChI is InChI=1S/C17H21FN2S/c1-2-11-3-4-13(9-15-10-19-17(21)20-15)16(11)12-5-7-14(18)8-6-12/h5-8,10,13,17,19-21H,2-4,9H2,1H3/t13?,17-/m0/s1. The van der Waals surface area contributed by atoms with Crippen LogP contribution in [0.25, 0.3) is 5.57 Å². The molecule has 1 heterocycles. The monoisotopic (exact) mass is 304 g/mol. The van der Waals surface area contributed by atoms with Crippen LogP contribution in [0.1, 0.15) is 38.2 Å². The van der Waals surface area contributed by atoms with Gasteiger partial charge in [-0.25, -0.2) is 4.39 Å². The lowest BCUT2D eigenvalue weighted by Crippen LogP contribution is -2.26. The molecule has 2 atom stereocenters. The molecule has 0 spiro atoms. The molecular formula is C17H21FN2S. The van der Waals surface area contributed by atoms with Crippen LogP contribution in [-0.4, -0.2) is 5.50 Å². The third kappa shape index (κ3) is 3.10. The number of rotatable bonds is 4. The summed E-state index contributed by atoms with van der Waals surface area (Å²) in [5.41, 5.74) is 5.33. The molecule has 0 saturated carbocycles. The molecule has 21 heavy (non-hydrogen) atoms. The first-order chi connectivity index (χ1) is 10.2. The molecular weight excluding hydrogens is 283 g/mol. The Bertz CT molecular complexity index is 577. The summed E-state index contributed by atoms with van der Waals surface area (Å²) in [5, 5.41) is 6.48. The average Bonchev–Trinajstić information content (AvgIpc) is 3.07. The summed E-state index contributed by atoms with van der Waals surface area (Å²) in [7, 11) is 0. The summed E-state index contributed by atoms with van der Waals surface area (Å²) in [4.78, 5) is 0. The molecule has 0 bridgehead atoms. The van der Waals surface area contributed by atoms with Crippen molar-refractivity contribution in [3.63, 3.8) is 0 Å². The van der Waals surface area contributed by atoms with E-state index < -0.39 is 0 Å². The molecule has 0 radical (unpaired) electrons. The number of benzene rings is 1. The van der Waals surface area contributed by atoms with E-state index in [9.17, 15) is 4.39 Å². The zero-order valence-electron chi connectivity index (χ0n) is 12.2. The van der Waals surface area contributed by atoms with Crippen LogP contribution in [-0.2, 0) is 0 Å². The van der Waals surface area contributed by atoms with Gasteiger partial charge >= 0.3 is 0 Å². The Labute approximate surface area is 130 Å². The smallest absolute Gasteiger partial charge is 0.142 e. The van der Waals surface area contributed by atoms with Crippen molar-refractivity contribution in [2.45, 2.75) is 38.1 Å². The van der Waals surface area contributed by atoms with Gasteiger partial charge in [-0.1, -0.05) is 24.6 Å². The second-order valence-corrected chi connectivity index (χ2v) is 6.22. The van der Waals surface area contributed by atoms with Gasteiger partial charge in [0.05, 0.1) is 0 Å². The number of hydrogen-bond donors (Lipinski definition) is 3. The van der Waals surface area contributed by atoms with E-state index in [2.05, 4.69) is 30.2 Å². The first-order valence-electron chi connectivity index (χ1n) is 7.55. The van der Waals surface area contributed by atoms with E-state index in [1.165, 1.54) is 28.8 Å². The maximum Gasteiger partial charge on any atom is 0.142 e. The van der Waals surface area contributed by atoms with E-state index in [1.807, 2.05) is 18.3 Å². The minimum absolute atomic E-state index is 0.0188. The van der Waals surface area contributed by atoms with E-state index in [4.69, 9.17) is 0 Å². The zero-order valence-corrected chi connectivity index (χ0v) is 13.1. The van der Waals surface area contributed by atoms with Crippen LogP contribution in [0.2, 0.25) is 0 Å². The van der Waals surface area contributed by atoms with Gasteiger partial charge in [0.2, 0.25) is 0 Å². The predicted octanol–water partition coefficient (Wildman–Crippen LogP) is 4.04. The predicted molar refractivity (Wildman–Crippen MR) is 88.1 cm³/mol. The molecule has 1 aliphatic heterocycles. The Hall–Kier alpha value is -1.42. The van der Waals surface area contributed by atoms with Gasteiger partial charge in [-0.3, -0.25) is 0 Å². The molecule has 2 nitrogen and oxygen atoms in total. The number of nitrogens with one attached hydrogen (secondary N) is 2.